The molecule has 1 unspecified atom stereocenters. The highest BCUT2D eigenvalue weighted by Gasteiger charge is 2.27. The molecule has 0 aliphatic heterocycles. The van der Waals surface area contributed by atoms with Crippen molar-refractivity contribution in [2.75, 3.05) is 0 Å². The first kappa shape index (κ1) is 12.1. The van der Waals surface area contributed by atoms with Crippen molar-refractivity contribution in [3.63, 3.8) is 0 Å². The third-order valence-corrected chi connectivity index (χ3v) is 3.19. The monoisotopic (exact) mass is 214 g/mol. The normalized spacial score (nSPS) is 26.4. The number of hydrogen-bond donors (Lipinski definition) is 0. The van der Waals surface area contributed by atoms with E-state index < -0.39 is 0 Å². The van der Waals surface area contributed by atoms with Crippen LogP contribution >= 0.6 is 11.6 Å². The molecule has 0 aromatic rings. The molecule has 0 N–H and O–H groups in total. The maximum absolute atomic E-state index is 6.23. The molecule has 1 rings (SSSR count). The molecule has 14 heavy (non-hydrogen) atoms. The second-order valence-electron chi connectivity index (χ2n) is 5.82. The first-order chi connectivity index (χ1) is 6.39. The Balaban J connectivity index is 2.52. The van der Waals surface area contributed by atoms with Crippen LogP contribution in [0.4, 0.5) is 0 Å². The summed E-state index contributed by atoms with van der Waals surface area (Å²) in [5, 5.41) is 0.265. The van der Waals surface area contributed by atoms with E-state index in [4.69, 9.17) is 11.6 Å². The van der Waals surface area contributed by atoms with Crippen molar-refractivity contribution in [3.8, 4) is 0 Å². The molecule has 0 fully saturated rings. The minimum absolute atomic E-state index is 0.265. The van der Waals surface area contributed by atoms with Gasteiger partial charge in [-0.25, -0.2) is 0 Å². The molecule has 0 saturated carbocycles. The highest BCUT2D eigenvalue weighted by atomic mass is 35.5. The first-order valence-electron chi connectivity index (χ1n) is 5.73. The van der Waals surface area contributed by atoms with Gasteiger partial charge in [-0.1, -0.05) is 39.3 Å². The van der Waals surface area contributed by atoms with Crippen molar-refractivity contribution in [2.24, 2.45) is 11.3 Å². The zero-order chi connectivity index (χ0) is 10.8. The number of hydrogen-bond acceptors (Lipinski definition) is 0. The topological polar surface area (TPSA) is 0 Å². The van der Waals surface area contributed by atoms with Crippen LogP contribution in [0.25, 0.3) is 0 Å². The van der Waals surface area contributed by atoms with Gasteiger partial charge in [0.05, 0.1) is 5.38 Å². The fourth-order valence-electron chi connectivity index (χ4n) is 2.23. The summed E-state index contributed by atoms with van der Waals surface area (Å²) in [6.07, 6.45) is 7.19. The molecule has 0 bridgehead atoms. The lowest BCUT2D eigenvalue weighted by molar-refractivity contribution is 0.316. The molecule has 1 atom stereocenters. The molecule has 0 saturated heterocycles. The summed E-state index contributed by atoms with van der Waals surface area (Å²) in [7, 11) is 0. The summed E-state index contributed by atoms with van der Waals surface area (Å²) in [5.41, 5.74) is 1.99. The van der Waals surface area contributed by atoms with Crippen molar-refractivity contribution >= 4 is 11.6 Å². The Hall–Kier alpha value is 0.0300. The summed E-state index contributed by atoms with van der Waals surface area (Å²) in [4.78, 5) is 0. The summed E-state index contributed by atoms with van der Waals surface area (Å²) in [6, 6.07) is 0. The minimum atomic E-state index is 0.265. The molecule has 0 aromatic carbocycles. The van der Waals surface area contributed by atoms with Gasteiger partial charge in [0.15, 0.2) is 0 Å². The van der Waals surface area contributed by atoms with Crippen LogP contribution in [0, 0.1) is 11.3 Å². The standard InChI is InChI=1S/C13H23Cl/c1-10(2)5-6-11-7-12(14)9-13(3,4)8-11/h7,10,12H,5-6,8-9H2,1-4H3. The van der Waals surface area contributed by atoms with Crippen LogP contribution in [0.15, 0.2) is 11.6 Å². The van der Waals surface area contributed by atoms with Crippen molar-refractivity contribution in [1.29, 1.82) is 0 Å². The van der Waals surface area contributed by atoms with Crippen LogP contribution in [-0.2, 0) is 0 Å². The van der Waals surface area contributed by atoms with E-state index in [1.165, 1.54) is 19.3 Å². The Bertz CT molecular complexity index is 213. The molecular formula is C13H23Cl. The van der Waals surface area contributed by atoms with E-state index in [0.29, 0.717) is 5.41 Å². The fraction of sp³-hybridized carbons (Fsp3) is 0.846. The van der Waals surface area contributed by atoms with Crippen LogP contribution in [0.3, 0.4) is 0 Å². The van der Waals surface area contributed by atoms with Crippen LogP contribution in [0.1, 0.15) is 53.4 Å². The van der Waals surface area contributed by atoms with E-state index in [9.17, 15) is 0 Å². The predicted octanol–water partition coefficient (Wildman–Crippen LogP) is 4.78. The van der Waals surface area contributed by atoms with Crippen molar-refractivity contribution in [3.05, 3.63) is 11.6 Å². The molecule has 1 heteroatoms. The zero-order valence-corrected chi connectivity index (χ0v) is 10.7. The molecule has 0 radical (unpaired) electrons. The van der Waals surface area contributed by atoms with E-state index in [1.807, 2.05) is 0 Å². The Kier molecular flexibility index (Phi) is 4.06. The lowest BCUT2D eigenvalue weighted by Gasteiger charge is -2.32. The largest absolute Gasteiger partial charge is 0.118 e. The lowest BCUT2D eigenvalue weighted by atomic mass is 9.76. The summed E-state index contributed by atoms with van der Waals surface area (Å²) in [5.74, 6) is 0.801. The quantitative estimate of drug-likeness (QED) is 0.469. The summed E-state index contributed by atoms with van der Waals surface area (Å²) in [6.45, 7) is 9.22. The van der Waals surface area contributed by atoms with E-state index in [1.54, 1.807) is 5.57 Å². The molecule has 82 valence electrons. The van der Waals surface area contributed by atoms with Gasteiger partial charge in [-0.15, -0.1) is 11.6 Å². The van der Waals surface area contributed by atoms with E-state index >= 15 is 0 Å². The Labute approximate surface area is 93.7 Å². The van der Waals surface area contributed by atoms with Crippen molar-refractivity contribution in [1.82, 2.24) is 0 Å². The highest BCUT2D eigenvalue weighted by molar-refractivity contribution is 6.21. The zero-order valence-electron chi connectivity index (χ0n) is 9.94. The molecule has 1 aliphatic carbocycles. The van der Waals surface area contributed by atoms with Gasteiger partial charge in [0, 0.05) is 0 Å². The van der Waals surface area contributed by atoms with Gasteiger partial charge in [-0.2, -0.15) is 0 Å². The Morgan fingerprint density at radius 1 is 1.50 bits per heavy atom. The Morgan fingerprint density at radius 2 is 2.14 bits per heavy atom. The van der Waals surface area contributed by atoms with E-state index in [2.05, 4.69) is 33.8 Å². The second-order valence-corrected chi connectivity index (χ2v) is 6.38. The Morgan fingerprint density at radius 3 is 2.64 bits per heavy atom. The van der Waals surface area contributed by atoms with Crippen LogP contribution in [0.5, 0.6) is 0 Å². The van der Waals surface area contributed by atoms with Gasteiger partial charge >= 0.3 is 0 Å². The summed E-state index contributed by atoms with van der Waals surface area (Å²) >= 11 is 6.23. The average Bonchev–Trinajstić information content (AvgIpc) is 1.96. The van der Waals surface area contributed by atoms with Gasteiger partial charge in [0.2, 0.25) is 0 Å². The third kappa shape index (κ3) is 4.04. The van der Waals surface area contributed by atoms with Gasteiger partial charge in [-0.3, -0.25) is 0 Å². The van der Waals surface area contributed by atoms with Gasteiger partial charge in [0.25, 0.3) is 0 Å². The van der Waals surface area contributed by atoms with Gasteiger partial charge in [-0.05, 0) is 37.0 Å². The molecule has 1 aliphatic rings. The molecule has 0 amide bonds. The molecule has 0 heterocycles. The number of halogens is 1. The van der Waals surface area contributed by atoms with E-state index in [0.717, 1.165) is 12.3 Å². The van der Waals surface area contributed by atoms with E-state index in [-0.39, 0.29) is 5.38 Å². The first-order valence-corrected chi connectivity index (χ1v) is 6.16. The van der Waals surface area contributed by atoms with Gasteiger partial charge in [0.1, 0.15) is 0 Å². The van der Waals surface area contributed by atoms with Crippen LogP contribution in [-0.4, -0.2) is 5.38 Å². The smallest absolute Gasteiger partial charge is 0.0523 e. The van der Waals surface area contributed by atoms with Crippen LogP contribution in [0.2, 0.25) is 0 Å². The highest BCUT2D eigenvalue weighted by Crippen LogP contribution is 2.39. The number of allylic oxidation sites excluding steroid dienone is 2. The summed E-state index contributed by atoms with van der Waals surface area (Å²) < 4.78 is 0. The SMILES string of the molecule is CC(C)CCC1=CC(Cl)CC(C)(C)C1. The van der Waals surface area contributed by atoms with Gasteiger partial charge < -0.3 is 0 Å². The van der Waals surface area contributed by atoms with Crippen LogP contribution < -0.4 is 0 Å². The minimum Gasteiger partial charge on any atom is -0.118 e. The number of rotatable bonds is 3. The second kappa shape index (κ2) is 4.70. The fourth-order valence-corrected chi connectivity index (χ4v) is 2.83. The lowest BCUT2D eigenvalue weighted by Crippen LogP contribution is -2.22. The number of alkyl halides is 1. The molecular weight excluding hydrogens is 192 g/mol. The van der Waals surface area contributed by atoms with Crippen molar-refractivity contribution in [2.45, 2.75) is 58.8 Å². The van der Waals surface area contributed by atoms with Crippen molar-refractivity contribution < 1.29 is 0 Å². The maximum Gasteiger partial charge on any atom is 0.0523 e. The molecule has 0 nitrogen and oxygen atoms in total. The molecule has 0 spiro atoms. The predicted molar refractivity (Wildman–Crippen MR) is 64.8 cm³/mol. The maximum atomic E-state index is 6.23. The molecule has 0 aromatic heterocycles. The third-order valence-electron chi connectivity index (χ3n) is 2.91. The average molecular weight is 215 g/mol.